The highest BCUT2D eigenvalue weighted by Gasteiger charge is 2.09. The third-order valence-corrected chi connectivity index (χ3v) is 5.40. The van der Waals surface area contributed by atoms with Crippen LogP contribution < -0.4 is 4.74 Å². The summed E-state index contributed by atoms with van der Waals surface area (Å²) in [4.78, 5) is 10.9. The molecule has 1 aromatic heterocycles. The molecule has 2 aromatic carbocycles. The van der Waals surface area contributed by atoms with Gasteiger partial charge in [0.15, 0.2) is 0 Å². The predicted octanol–water partition coefficient (Wildman–Crippen LogP) is 5.37. The standard InChI is InChI=1S/C17H12ClIO3S/c18-15-6-12(19)2-1-10(15)8-22-13-3-4-14-11(5-17(20)21)9-23-16(14)7-13/h1-4,6-7,9H,5,8H2,(H,20,21). The molecule has 0 aliphatic rings. The maximum atomic E-state index is 10.9. The van der Waals surface area contributed by atoms with E-state index in [9.17, 15) is 4.79 Å². The van der Waals surface area contributed by atoms with Crippen LogP contribution in [0, 0.1) is 3.57 Å². The van der Waals surface area contributed by atoms with Gasteiger partial charge in [0.1, 0.15) is 12.4 Å². The summed E-state index contributed by atoms with van der Waals surface area (Å²) in [7, 11) is 0. The SMILES string of the molecule is O=C(O)Cc1csc2cc(OCc3ccc(I)cc3Cl)ccc12. The van der Waals surface area contributed by atoms with Crippen molar-refractivity contribution in [3.63, 3.8) is 0 Å². The lowest BCUT2D eigenvalue weighted by Gasteiger charge is -2.08. The molecule has 0 atom stereocenters. The average molecular weight is 459 g/mol. The van der Waals surface area contributed by atoms with Crippen LogP contribution in [0.2, 0.25) is 5.02 Å². The van der Waals surface area contributed by atoms with Gasteiger partial charge in [-0.2, -0.15) is 0 Å². The zero-order valence-corrected chi connectivity index (χ0v) is 15.6. The van der Waals surface area contributed by atoms with Crippen LogP contribution in [0.3, 0.4) is 0 Å². The van der Waals surface area contributed by atoms with E-state index in [4.69, 9.17) is 21.4 Å². The van der Waals surface area contributed by atoms with Crippen LogP contribution in [0.15, 0.2) is 41.8 Å². The molecule has 6 heteroatoms. The summed E-state index contributed by atoms with van der Waals surface area (Å²) in [6.07, 6.45) is 0.0401. The molecule has 0 radical (unpaired) electrons. The number of halogens is 2. The smallest absolute Gasteiger partial charge is 0.307 e. The zero-order chi connectivity index (χ0) is 16.4. The number of carboxylic acids is 1. The van der Waals surface area contributed by atoms with Gasteiger partial charge in [0.2, 0.25) is 0 Å². The van der Waals surface area contributed by atoms with Gasteiger partial charge in [-0.25, -0.2) is 0 Å². The largest absolute Gasteiger partial charge is 0.489 e. The molecule has 0 aliphatic carbocycles. The number of rotatable bonds is 5. The molecule has 0 aliphatic heterocycles. The molecule has 0 amide bonds. The Kier molecular flexibility index (Phi) is 5.08. The van der Waals surface area contributed by atoms with Crippen LogP contribution in [0.25, 0.3) is 10.1 Å². The van der Waals surface area contributed by atoms with Gasteiger partial charge in [-0.05, 0) is 69.3 Å². The molecule has 0 spiro atoms. The van der Waals surface area contributed by atoms with E-state index < -0.39 is 5.97 Å². The Hall–Kier alpha value is -1.31. The maximum absolute atomic E-state index is 10.9. The van der Waals surface area contributed by atoms with Crippen molar-refractivity contribution in [2.24, 2.45) is 0 Å². The molecule has 3 aromatic rings. The first-order chi connectivity index (χ1) is 11.0. The van der Waals surface area contributed by atoms with E-state index in [0.29, 0.717) is 11.6 Å². The fraction of sp³-hybridized carbons (Fsp3) is 0.118. The summed E-state index contributed by atoms with van der Waals surface area (Å²) in [6, 6.07) is 11.6. The van der Waals surface area contributed by atoms with Gasteiger partial charge < -0.3 is 9.84 Å². The summed E-state index contributed by atoms with van der Waals surface area (Å²) in [5.74, 6) is -0.0748. The molecule has 3 nitrogen and oxygen atoms in total. The molecular formula is C17H12ClIO3S. The first-order valence-corrected chi connectivity index (χ1v) is 9.15. The van der Waals surface area contributed by atoms with Gasteiger partial charge in [0, 0.05) is 18.9 Å². The second-order valence-corrected chi connectivity index (χ2v) is 7.58. The lowest BCUT2D eigenvalue weighted by Crippen LogP contribution is -1.99. The number of carboxylic acid groups (broad SMARTS) is 1. The maximum Gasteiger partial charge on any atom is 0.307 e. The highest BCUT2D eigenvalue weighted by molar-refractivity contribution is 14.1. The van der Waals surface area contributed by atoms with E-state index in [1.54, 1.807) is 0 Å². The van der Waals surface area contributed by atoms with Crippen molar-refractivity contribution in [3.05, 3.63) is 61.5 Å². The predicted molar refractivity (Wildman–Crippen MR) is 102 cm³/mol. The minimum absolute atomic E-state index is 0.0401. The number of fused-ring (bicyclic) bond motifs is 1. The van der Waals surface area contributed by atoms with Crippen LogP contribution in [0.4, 0.5) is 0 Å². The topological polar surface area (TPSA) is 46.5 Å². The molecule has 0 fully saturated rings. The Morgan fingerprint density at radius 2 is 2.04 bits per heavy atom. The van der Waals surface area contributed by atoms with Crippen molar-refractivity contribution in [2.45, 2.75) is 13.0 Å². The van der Waals surface area contributed by atoms with Crippen LogP contribution in [-0.4, -0.2) is 11.1 Å². The van der Waals surface area contributed by atoms with E-state index in [2.05, 4.69) is 22.6 Å². The second kappa shape index (κ2) is 7.07. The monoisotopic (exact) mass is 458 g/mol. The van der Waals surface area contributed by atoms with Crippen molar-refractivity contribution in [3.8, 4) is 5.75 Å². The van der Waals surface area contributed by atoms with Crippen LogP contribution in [0.1, 0.15) is 11.1 Å². The van der Waals surface area contributed by atoms with Crippen molar-refractivity contribution < 1.29 is 14.6 Å². The number of hydrogen-bond acceptors (Lipinski definition) is 3. The second-order valence-electron chi connectivity index (χ2n) is 5.01. The summed E-state index contributed by atoms with van der Waals surface area (Å²) in [5.41, 5.74) is 1.77. The van der Waals surface area contributed by atoms with Gasteiger partial charge in [-0.1, -0.05) is 17.7 Å². The number of thiophene rings is 1. The van der Waals surface area contributed by atoms with Crippen molar-refractivity contribution in [1.82, 2.24) is 0 Å². The Labute approximate surface area is 156 Å². The minimum atomic E-state index is -0.821. The van der Waals surface area contributed by atoms with Crippen LogP contribution >= 0.6 is 45.5 Å². The summed E-state index contributed by atoms with van der Waals surface area (Å²) in [5, 5.41) is 12.5. The summed E-state index contributed by atoms with van der Waals surface area (Å²) < 4.78 is 7.92. The van der Waals surface area contributed by atoms with Crippen molar-refractivity contribution in [2.75, 3.05) is 0 Å². The van der Waals surface area contributed by atoms with Crippen molar-refractivity contribution >= 4 is 61.6 Å². The molecule has 118 valence electrons. The molecule has 0 unspecified atom stereocenters. The Morgan fingerprint density at radius 3 is 2.78 bits per heavy atom. The quantitative estimate of drug-likeness (QED) is 0.523. The number of carbonyl (C=O) groups is 1. The Bertz CT molecular complexity index is 875. The number of ether oxygens (including phenoxy) is 1. The highest BCUT2D eigenvalue weighted by atomic mass is 127. The molecule has 1 heterocycles. The van der Waals surface area contributed by atoms with Gasteiger partial charge in [-0.15, -0.1) is 11.3 Å². The fourth-order valence-corrected chi connectivity index (χ4v) is 4.15. The third kappa shape index (κ3) is 3.97. The first-order valence-electron chi connectivity index (χ1n) is 6.81. The molecule has 0 saturated heterocycles. The molecular weight excluding hydrogens is 447 g/mol. The fourth-order valence-electron chi connectivity index (χ4n) is 2.25. The highest BCUT2D eigenvalue weighted by Crippen LogP contribution is 2.30. The summed E-state index contributed by atoms with van der Waals surface area (Å²) >= 11 is 9.95. The van der Waals surface area contributed by atoms with E-state index in [1.807, 2.05) is 41.8 Å². The Morgan fingerprint density at radius 1 is 1.22 bits per heavy atom. The van der Waals surface area contributed by atoms with Crippen LogP contribution in [0.5, 0.6) is 5.75 Å². The van der Waals surface area contributed by atoms with Gasteiger partial charge >= 0.3 is 5.97 Å². The van der Waals surface area contributed by atoms with E-state index in [-0.39, 0.29) is 6.42 Å². The first kappa shape index (κ1) is 16.5. The number of hydrogen-bond donors (Lipinski definition) is 1. The van der Waals surface area contributed by atoms with E-state index >= 15 is 0 Å². The molecule has 0 saturated carbocycles. The van der Waals surface area contributed by atoms with E-state index in [1.165, 1.54) is 11.3 Å². The Balaban J connectivity index is 1.77. The lowest BCUT2D eigenvalue weighted by atomic mass is 10.1. The van der Waals surface area contributed by atoms with Gasteiger partial charge in [0.05, 0.1) is 6.42 Å². The molecule has 1 N–H and O–H groups in total. The molecule has 3 rings (SSSR count). The van der Waals surface area contributed by atoms with E-state index in [0.717, 1.165) is 30.5 Å². The summed E-state index contributed by atoms with van der Waals surface area (Å²) in [6.45, 7) is 0.397. The third-order valence-electron chi connectivity index (χ3n) is 3.38. The minimum Gasteiger partial charge on any atom is -0.489 e. The normalized spacial score (nSPS) is 10.9. The number of benzene rings is 2. The average Bonchev–Trinajstić information content (AvgIpc) is 2.88. The zero-order valence-electron chi connectivity index (χ0n) is 11.9. The van der Waals surface area contributed by atoms with Gasteiger partial charge in [-0.3, -0.25) is 4.79 Å². The van der Waals surface area contributed by atoms with Crippen LogP contribution in [-0.2, 0) is 17.8 Å². The lowest BCUT2D eigenvalue weighted by molar-refractivity contribution is -0.136. The van der Waals surface area contributed by atoms with Crippen molar-refractivity contribution in [1.29, 1.82) is 0 Å². The molecule has 0 bridgehead atoms. The number of aliphatic carboxylic acids is 1. The van der Waals surface area contributed by atoms with Gasteiger partial charge in [0.25, 0.3) is 0 Å². The molecule has 23 heavy (non-hydrogen) atoms.